The van der Waals surface area contributed by atoms with Crippen LogP contribution in [0.4, 0.5) is 4.39 Å². The Bertz CT molecular complexity index is 723. The molecule has 0 aliphatic carbocycles. The second-order valence-electron chi connectivity index (χ2n) is 5.75. The van der Waals surface area contributed by atoms with Gasteiger partial charge in [-0.1, -0.05) is 0 Å². The minimum absolute atomic E-state index is 0.0985. The zero-order valence-electron chi connectivity index (χ0n) is 13.9. The molecule has 1 aromatic carbocycles. The maximum Gasteiger partial charge on any atom is 0.341 e. The van der Waals surface area contributed by atoms with Crippen molar-refractivity contribution < 1.29 is 27.1 Å². The predicted molar refractivity (Wildman–Crippen MR) is 85.2 cm³/mol. The molecule has 0 radical (unpaired) electrons. The number of nitrogens with zero attached hydrogens (tertiary/aromatic N) is 1. The van der Waals surface area contributed by atoms with Crippen LogP contribution < -0.4 is 5.14 Å². The Kier molecular flexibility index (Phi) is 6.44. The number of carbonyl (C=O) groups is 2. The quantitative estimate of drug-likeness (QED) is 0.769. The molecule has 0 unspecified atom stereocenters. The minimum Gasteiger partial charge on any atom is -0.452 e. The Morgan fingerprint density at radius 1 is 1.21 bits per heavy atom. The highest BCUT2D eigenvalue weighted by atomic mass is 32.2. The fraction of sp³-hybridized carbons (Fsp3) is 0.467. The number of sulfonamides is 1. The van der Waals surface area contributed by atoms with Crippen LogP contribution in [0.1, 0.15) is 38.1 Å². The van der Waals surface area contributed by atoms with E-state index >= 15 is 0 Å². The van der Waals surface area contributed by atoms with Crippen LogP contribution in [-0.4, -0.2) is 43.9 Å². The molecule has 1 rings (SSSR count). The minimum atomic E-state index is -4.09. The molecule has 9 heteroatoms. The number of benzene rings is 1. The molecule has 0 fully saturated rings. The van der Waals surface area contributed by atoms with E-state index in [1.807, 2.05) is 27.7 Å². The molecular weight excluding hydrogens is 339 g/mol. The molecule has 0 atom stereocenters. The van der Waals surface area contributed by atoms with Crippen molar-refractivity contribution in [3.05, 3.63) is 29.6 Å². The lowest BCUT2D eigenvalue weighted by atomic mass is 10.2. The van der Waals surface area contributed by atoms with E-state index in [1.165, 1.54) is 4.90 Å². The SMILES string of the molecule is CC(C)N(C(=O)COC(=O)c1cc(S(N)(=O)=O)ccc1F)C(C)C. The summed E-state index contributed by atoms with van der Waals surface area (Å²) >= 11 is 0. The Morgan fingerprint density at radius 3 is 2.21 bits per heavy atom. The molecule has 0 heterocycles. The van der Waals surface area contributed by atoms with Gasteiger partial charge < -0.3 is 9.64 Å². The van der Waals surface area contributed by atoms with Crippen LogP contribution in [0, 0.1) is 5.82 Å². The smallest absolute Gasteiger partial charge is 0.341 e. The molecule has 1 aromatic rings. The summed E-state index contributed by atoms with van der Waals surface area (Å²) in [6, 6.07) is 2.32. The van der Waals surface area contributed by atoms with Gasteiger partial charge in [-0.05, 0) is 45.9 Å². The van der Waals surface area contributed by atoms with E-state index in [0.717, 1.165) is 18.2 Å². The van der Waals surface area contributed by atoms with Crippen molar-refractivity contribution >= 4 is 21.9 Å². The van der Waals surface area contributed by atoms with Crippen LogP contribution in [0.5, 0.6) is 0 Å². The molecular formula is C15H21FN2O5S. The van der Waals surface area contributed by atoms with Gasteiger partial charge in [-0.3, -0.25) is 4.79 Å². The first-order valence-corrected chi connectivity index (χ1v) is 8.80. The second kappa shape index (κ2) is 7.71. The van der Waals surface area contributed by atoms with Crippen LogP contribution in [0.2, 0.25) is 0 Å². The van der Waals surface area contributed by atoms with E-state index in [0.29, 0.717) is 0 Å². The number of nitrogens with two attached hydrogens (primary N) is 1. The summed E-state index contributed by atoms with van der Waals surface area (Å²) in [7, 11) is -4.09. The van der Waals surface area contributed by atoms with E-state index in [2.05, 4.69) is 0 Å². The van der Waals surface area contributed by atoms with Crippen molar-refractivity contribution in [2.45, 2.75) is 44.7 Å². The number of amides is 1. The summed E-state index contributed by atoms with van der Waals surface area (Å²) in [5.74, 6) is -2.54. The van der Waals surface area contributed by atoms with E-state index in [9.17, 15) is 22.4 Å². The lowest BCUT2D eigenvalue weighted by Gasteiger charge is -2.30. The van der Waals surface area contributed by atoms with Crippen molar-refractivity contribution in [3.8, 4) is 0 Å². The number of halogens is 1. The highest BCUT2D eigenvalue weighted by Gasteiger charge is 2.23. The third-order valence-electron chi connectivity index (χ3n) is 3.21. The van der Waals surface area contributed by atoms with Crippen LogP contribution >= 0.6 is 0 Å². The Balaban J connectivity index is 2.91. The monoisotopic (exact) mass is 360 g/mol. The van der Waals surface area contributed by atoms with E-state index in [-0.39, 0.29) is 12.1 Å². The van der Waals surface area contributed by atoms with Gasteiger partial charge in [-0.2, -0.15) is 0 Å². The van der Waals surface area contributed by atoms with Gasteiger partial charge in [0.1, 0.15) is 5.82 Å². The highest BCUT2D eigenvalue weighted by Crippen LogP contribution is 2.15. The number of hydrogen-bond acceptors (Lipinski definition) is 5. The van der Waals surface area contributed by atoms with Gasteiger partial charge in [-0.25, -0.2) is 22.7 Å². The van der Waals surface area contributed by atoms with E-state index < -0.39 is 44.8 Å². The number of esters is 1. The molecule has 0 aliphatic rings. The molecule has 7 nitrogen and oxygen atoms in total. The van der Waals surface area contributed by atoms with Gasteiger partial charge in [-0.15, -0.1) is 0 Å². The fourth-order valence-corrected chi connectivity index (χ4v) is 2.83. The fourth-order valence-electron chi connectivity index (χ4n) is 2.29. The van der Waals surface area contributed by atoms with Crippen molar-refractivity contribution in [1.29, 1.82) is 0 Å². The average molecular weight is 360 g/mol. The summed E-state index contributed by atoms with van der Waals surface area (Å²) in [5.41, 5.74) is -0.602. The molecule has 0 saturated heterocycles. The second-order valence-corrected chi connectivity index (χ2v) is 7.31. The number of primary sulfonamides is 1. The predicted octanol–water partition coefficient (Wildman–Crippen LogP) is 1.28. The molecule has 0 aromatic heterocycles. The molecule has 2 N–H and O–H groups in total. The zero-order chi connectivity index (χ0) is 18.7. The van der Waals surface area contributed by atoms with Gasteiger partial charge in [0.2, 0.25) is 10.0 Å². The van der Waals surface area contributed by atoms with Crippen molar-refractivity contribution in [2.24, 2.45) is 5.14 Å². The molecule has 134 valence electrons. The Labute approximate surface area is 140 Å². The largest absolute Gasteiger partial charge is 0.452 e. The number of ether oxygens (including phenoxy) is 1. The number of hydrogen-bond donors (Lipinski definition) is 1. The van der Waals surface area contributed by atoms with Crippen molar-refractivity contribution in [3.63, 3.8) is 0 Å². The molecule has 0 saturated carbocycles. The lowest BCUT2D eigenvalue weighted by Crippen LogP contribution is -2.44. The lowest BCUT2D eigenvalue weighted by molar-refractivity contribution is -0.138. The summed E-state index contributed by atoms with van der Waals surface area (Å²) in [6.45, 7) is 6.68. The van der Waals surface area contributed by atoms with Crippen LogP contribution in [0.3, 0.4) is 0 Å². The van der Waals surface area contributed by atoms with Crippen LogP contribution in [0.15, 0.2) is 23.1 Å². The zero-order valence-corrected chi connectivity index (χ0v) is 14.8. The summed E-state index contributed by atoms with van der Waals surface area (Å²) in [6.07, 6.45) is 0. The molecule has 0 bridgehead atoms. The van der Waals surface area contributed by atoms with Crippen molar-refractivity contribution in [2.75, 3.05) is 6.61 Å². The first-order valence-electron chi connectivity index (χ1n) is 7.25. The Morgan fingerprint density at radius 2 is 1.75 bits per heavy atom. The van der Waals surface area contributed by atoms with Crippen LogP contribution in [-0.2, 0) is 19.6 Å². The number of carbonyl (C=O) groups excluding carboxylic acids is 2. The maximum atomic E-state index is 13.7. The van der Waals surface area contributed by atoms with Gasteiger partial charge >= 0.3 is 5.97 Å². The standard InChI is InChI=1S/C15H21FN2O5S/c1-9(2)18(10(3)4)14(19)8-23-15(20)12-7-11(24(17,21)22)5-6-13(12)16/h5-7,9-10H,8H2,1-4H3,(H2,17,21,22). The first-order chi connectivity index (χ1) is 10.9. The summed E-state index contributed by atoms with van der Waals surface area (Å²) in [5, 5.41) is 4.94. The first kappa shape index (κ1) is 20.0. The molecule has 1 amide bonds. The maximum absolute atomic E-state index is 13.7. The van der Waals surface area contributed by atoms with Gasteiger partial charge in [0, 0.05) is 12.1 Å². The Hall–Kier alpha value is -2.00. The highest BCUT2D eigenvalue weighted by molar-refractivity contribution is 7.89. The van der Waals surface area contributed by atoms with E-state index in [1.54, 1.807) is 0 Å². The van der Waals surface area contributed by atoms with Gasteiger partial charge in [0.15, 0.2) is 6.61 Å². The number of rotatable bonds is 6. The third-order valence-corrected chi connectivity index (χ3v) is 4.12. The normalized spacial score (nSPS) is 11.7. The van der Waals surface area contributed by atoms with Gasteiger partial charge in [0.25, 0.3) is 5.91 Å². The van der Waals surface area contributed by atoms with Crippen LogP contribution in [0.25, 0.3) is 0 Å². The van der Waals surface area contributed by atoms with Gasteiger partial charge in [0.05, 0.1) is 10.5 Å². The topological polar surface area (TPSA) is 107 Å². The molecule has 0 spiro atoms. The summed E-state index contributed by atoms with van der Waals surface area (Å²) < 4.78 is 41.1. The van der Waals surface area contributed by atoms with Crippen molar-refractivity contribution in [1.82, 2.24) is 4.90 Å². The molecule has 0 aliphatic heterocycles. The molecule has 24 heavy (non-hydrogen) atoms. The average Bonchev–Trinajstić information content (AvgIpc) is 2.43. The summed E-state index contributed by atoms with van der Waals surface area (Å²) in [4.78, 5) is 25.2. The van der Waals surface area contributed by atoms with E-state index in [4.69, 9.17) is 9.88 Å². The third kappa shape index (κ3) is 5.00.